The maximum absolute atomic E-state index is 12.7. The minimum absolute atomic E-state index is 0.0969. The maximum Gasteiger partial charge on any atom is 0.348 e. The van der Waals surface area contributed by atoms with Crippen LogP contribution in [0.1, 0.15) is 71.8 Å². The van der Waals surface area contributed by atoms with Crippen LogP contribution in [0.2, 0.25) is 0 Å². The van der Waals surface area contributed by atoms with Crippen LogP contribution in [0.4, 0.5) is 0 Å². The van der Waals surface area contributed by atoms with Gasteiger partial charge in [-0.2, -0.15) is 0 Å². The summed E-state index contributed by atoms with van der Waals surface area (Å²) in [5.74, 6) is 0.685. The summed E-state index contributed by atoms with van der Waals surface area (Å²) in [7, 11) is 2.01. The molecule has 7 heteroatoms. The number of hydrogen-bond acceptors (Lipinski definition) is 6. The molecule has 0 aliphatic rings. The quantitative estimate of drug-likeness (QED) is 0.549. The third-order valence-electron chi connectivity index (χ3n) is 5.41. The highest BCUT2D eigenvalue weighted by molar-refractivity contribution is 7.20. The highest BCUT2D eigenvalue weighted by Gasteiger charge is 2.22. The Bertz CT molecular complexity index is 1100. The zero-order valence-corrected chi connectivity index (χ0v) is 19.2. The number of carbonyl (C=O) groups excluding carboxylic acids is 1. The molecule has 1 N–H and O–H groups in total. The number of esters is 1. The Balaban J connectivity index is 1.86. The van der Waals surface area contributed by atoms with Gasteiger partial charge in [0.15, 0.2) is 0 Å². The summed E-state index contributed by atoms with van der Waals surface area (Å²) >= 11 is 1.21. The lowest BCUT2D eigenvalue weighted by molar-refractivity contribution is 0.0531. The van der Waals surface area contributed by atoms with Gasteiger partial charge in [-0.1, -0.05) is 38.1 Å². The molecule has 0 amide bonds. The Morgan fingerprint density at radius 1 is 1.23 bits per heavy atom. The molecule has 0 spiro atoms. The number of H-pyrrole nitrogens is 1. The molecule has 3 aromatic rings. The summed E-state index contributed by atoms with van der Waals surface area (Å²) in [5.41, 5.74) is 2.92. The van der Waals surface area contributed by atoms with Crippen LogP contribution in [-0.2, 0) is 11.3 Å². The lowest BCUT2D eigenvalue weighted by Gasteiger charge is -2.24. The Morgan fingerprint density at radius 3 is 2.50 bits per heavy atom. The standard InChI is InChI=1S/C23H29N3O3S/c1-7-29-23(28)19-14(4)18-21(27)24-20(25-22(18)30-19)15(5)26(6)12-16-8-10-17(11-9-16)13(2)3/h8-11,13,15H,7,12H2,1-6H3,(H,24,25,27)/t15-/m0/s1. The molecule has 0 unspecified atom stereocenters. The molecule has 0 aliphatic carbocycles. The van der Waals surface area contributed by atoms with E-state index in [0.717, 1.165) is 6.54 Å². The van der Waals surface area contributed by atoms with Gasteiger partial charge in [0.25, 0.3) is 5.56 Å². The molecule has 160 valence electrons. The number of rotatable bonds is 7. The molecule has 1 atom stereocenters. The lowest BCUT2D eigenvalue weighted by Crippen LogP contribution is -2.25. The summed E-state index contributed by atoms with van der Waals surface area (Å²) in [6, 6.07) is 8.52. The first-order chi connectivity index (χ1) is 14.2. The maximum atomic E-state index is 12.7. The van der Waals surface area contributed by atoms with Gasteiger partial charge >= 0.3 is 5.97 Å². The number of aromatic nitrogens is 2. The predicted molar refractivity (Wildman–Crippen MR) is 121 cm³/mol. The van der Waals surface area contributed by atoms with Gasteiger partial charge in [-0.05, 0) is 50.4 Å². The normalized spacial score (nSPS) is 12.7. The Hall–Kier alpha value is -2.51. The van der Waals surface area contributed by atoms with Crippen LogP contribution in [0.3, 0.4) is 0 Å². The van der Waals surface area contributed by atoms with Crippen molar-refractivity contribution in [1.82, 2.24) is 14.9 Å². The number of aromatic amines is 1. The van der Waals surface area contributed by atoms with Crippen molar-refractivity contribution in [2.75, 3.05) is 13.7 Å². The van der Waals surface area contributed by atoms with E-state index < -0.39 is 5.97 Å². The molecule has 6 nitrogen and oxygen atoms in total. The number of thiophene rings is 1. The van der Waals surface area contributed by atoms with E-state index in [0.29, 0.717) is 39.0 Å². The van der Waals surface area contributed by atoms with Crippen LogP contribution in [0.5, 0.6) is 0 Å². The van der Waals surface area contributed by atoms with Crippen LogP contribution < -0.4 is 5.56 Å². The van der Waals surface area contributed by atoms with Crippen LogP contribution in [0, 0.1) is 6.92 Å². The minimum atomic E-state index is -0.408. The number of nitrogens with zero attached hydrogens (tertiary/aromatic N) is 2. The third kappa shape index (κ3) is 4.47. The summed E-state index contributed by atoms with van der Waals surface area (Å²) in [6.45, 7) is 10.9. The van der Waals surface area contributed by atoms with Gasteiger partial charge in [0.05, 0.1) is 18.0 Å². The second-order valence-corrected chi connectivity index (χ2v) is 8.89. The summed E-state index contributed by atoms with van der Waals surface area (Å²) in [4.78, 5) is 35.7. The van der Waals surface area contributed by atoms with Gasteiger partial charge in [0.1, 0.15) is 15.5 Å². The van der Waals surface area contributed by atoms with E-state index in [2.05, 4.69) is 53.0 Å². The van der Waals surface area contributed by atoms with E-state index in [1.807, 2.05) is 14.0 Å². The van der Waals surface area contributed by atoms with E-state index in [4.69, 9.17) is 4.74 Å². The number of benzene rings is 1. The van der Waals surface area contributed by atoms with Crippen molar-refractivity contribution in [3.63, 3.8) is 0 Å². The van der Waals surface area contributed by atoms with E-state index in [9.17, 15) is 9.59 Å². The first-order valence-corrected chi connectivity index (χ1v) is 11.0. The van der Waals surface area contributed by atoms with Gasteiger partial charge in [0.2, 0.25) is 0 Å². The minimum Gasteiger partial charge on any atom is -0.462 e. The largest absolute Gasteiger partial charge is 0.462 e. The fourth-order valence-corrected chi connectivity index (χ4v) is 4.47. The van der Waals surface area contributed by atoms with Gasteiger partial charge in [-0.3, -0.25) is 9.69 Å². The van der Waals surface area contributed by atoms with Crippen LogP contribution in [0.15, 0.2) is 29.1 Å². The van der Waals surface area contributed by atoms with E-state index in [-0.39, 0.29) is 11.6 Å². The molecule has 0 fully saturated rings. The SMILES string of the molecule is CCOC(=O)c1sc2nc([C@H](C)N(C)Cc3ccc(C(C)C)cc3)[nH]c(=O)c2c1C. The van der Waals surface area contributed by atoms with Crippen molar-refractivity contribution >= 4 is 27.5 Å². The molecule has 0 saturated carbocycles. The first kappa shape index (κ1) is 22.2. The zero-order chi connectivity index (χ0) is 22.0. The number of fused-ring (bicyclic) bond motifs is 1. The molecule has 0 radical (unpaired) electrons. The Labute approximate surface area is 180 Å². The van der Waals surface area contributed by atoms with Crippen LogP contribution >= 0.6 is 11.3 Å². The smallest absolute Gasteiger partial charge is 0.348 e. The van der Waals surface area contributed by atoms with Crippen molar-refractivity contribution in [3.05, 3.63) is 62.0 Å². The molecule has 30 heavy (non-hydrogen) atoms. The van der Waals surface area contributed by atoms with Crippen LogP contribution in [0.25, 0.3) is 10.2 Å². The number of carbonyl (C=O) groups is 1. The molecular formula is C23H29N3O3S. The zero-order valence-electron chi connectivity index (χ0n) is 18.4. The fraction of sp³-hybridized carbons (Fsp3) is 0.435. The average Bonchev–Trinajstić information content (AvgIpc) is 3.05. The summed E-state index contributed by atoms with van der Waals surface area (Å²) in [5, 5.41) is 0.464. The van der Waals surface area contributed by atoms with Crippen molar-refractivity contribution in [2.24, 2.45) is 0 Å². The van der Waals surface area contributed by atoms with Crippen LogP contribution in [-0.4, -0.2) is 34.5 Å². The second-order valence-electron chi connectivity index (χ2n) is 7.90. The first-order valence-electron chi connectivity index (χ1n) is 10.2. The molecule has 0 bridgehead atoms. The second kappa shape index (κ2) is 9.10. The highest BCUT2D eigenvalue weighted by Crippen LogP contribution is 2.29. The van der Waals surface area contributed by atoms with E-state index >= 15 is 0 Å². The topological polar surface area (TPSA) is 75.3 Å². The molecular weight excluding hydrogens is 398 g/mol. The number of nitrogens with one attached hydrogen (secondary N) is 1. The number of hydrogen-bond donors (Lipinski definition) is 1. The fourth-order valence-electron chi connectivity index (χ4n) is 3.39. The van der Waals surface area contributed by atoms with Gasteiger partial charge in [-0.25, -0.2) is 9.78 Å². The summed E-state index contributed by atoms with van der Waals surface area (Å²) in [6.07, 6.45) is 0. The predicted octanol–water partition coefficient (Wildman–Crippen LogP) is 4.79. The molecule has 2 aromatic heterocycles. The van der Waals surface area contributed by atoms with E-state index in [1.54, 1.807) is 13.8 Å². The Kier molecular flexibility index (Phi) is 6.73. The summed E-state index contributed by atoms with van der Waals surface area (Å²) < 4.78 is 5.11. The molecule has 3 rings (SSSR count). The van der Waals surface area contributed by atoms with Crippen molar-refractivity contribution in [1.29, 1.82) is 0 Å². The van der Waals surface area contributed by atoms with Crippen molar-refractivity contribution in [3.8, 4) is 0 Å². The molecule has 2 heterocycles. The van der Waals surface area contributed by atoms with Gasteiger partial charge in [-0.15, -0.1) is 11.3 Å². The average molecular weight is 428 g/mol. The lowest BCUT2D eigenvalue weighted by atomic mass is 10.0. The molecule has 1 aromatic carbocycles. The van der Waals surface area contributed by atoms with Crippen molar-refractivity contribution < 1.29 is 9.53 Å². The van der Waals surface area contributed by atoms with Gasteiger partial charge < -0.3 is 9.72 Å². The monoisotopic (exact) mass is 427 g/mol. The number of ether oxygens (including phenoxy) is 1. The molecule has 0 saturated heterocycles. The number of aryl methyl sites for hydroxylation is 1. The van der Waals surface area contributed by atoms with Crippen molar-refractivity contribution in [2.45, 2.75) is 53.1 Å². The Morgan fingerprint density at radius 2 is 1.90 bits per heavy atom. The van der Waals surface area contributed by atoms with E-state index in [1.165, 1.54) is 22.5 Å². The molecule has 0 aliphatic heterocycles. The third-order valence-corrected chi connectivity index (χ3v) is 6.58. The highest BCUT2D eigenvalue weighted by atomic mass is 32.1. The van der Waals surface area contributed by atoms with Gasteiger partial charge in [0, 0.05) is 6.54 Å².